The molecule has 2 rings (SSSR count). The fraction of sp³-hybridized carbons (Fsp3) is 0.526. The van der Waals surface area contributed by atoms with Crippen molar-refractivity contribution in [2.75, 3.05) is 40.4 Å². The van der Waals surface area contributed by atoms with Gasteiger partial charge in [-0.15, -0.1) is 12.4 Å². The first kappa shape index (κ1) is 21.3. The van der Waals surface area contributed by atoms with Crippen molar-refractivity contribution in [3.63, 3.8) is 0 Å². The molecule has 6 heteroatoms. The van der Waals surface area contributed by atoms with E-state index in [4.69, 9.17) is 9.47 Å². The van der Waals surface area contributed by atoms with Gasteiger partial charge in [0.1, 0.15) is 0 Å². The van der Waals surface area contributed by atoms with Gasteiger partial charge in [0.25, 0.3) is 5.91 Å². The molecule has 1 N–H and O–H groups in total. The molecule has 1 aromatic carbocycles. The monoisotopic (exact) mass is 368 g/mol. The minimum atomic E-state index is 0. The molecule has 0 saturated carbocycles. The van der Waals surface area contributed by atoms with E-state index in [1.54, 1.807) is 7.11 Å². The number of amides is 1. The molecule has 1 aromatic rings. The predicted octanol–water partition coefficient (Wildman–Crippen LogP) is 2.99. The summed E-state index contributed by atoms with van der Waals surface area (Å²) in [6.07, 6.45) is 6.19. The standard InChI is InChI=1S/C19H28N2O3.ClH/c1-4-6-15-8-9-17(18(11-15)23-3)24-14-19(22)21-10-5-7-16(13-21)12-20-2;/h4,6,8-9,11,16,20H,5,7,10,12-14H2,1-3H3;1H. The number of piperidine rings is 1. The number of methoxy groups -OCH3 is 1. The van der Waals surface area contributed by atoms with Crippen LogP contribution < -0.4 is 14.8 Å². The van der Waals surface area contributed by atoms with Crippen molar-refractivity contribution < 1.29 is 14.3 Å². The fourth-order valence-electron chi connectivity index (χ4n) is 3.08. The molecule has 1 fully saturated rings. The molecule has 140 valence electrons. The van der Waals surface area contributed by atoms with Crippen LogP contribution in [0.25, 0.3) is 6.08 Å². The summed E-state index contributed by atoms with van der Waals surface area (Å²) in [6.45, 7) is 4.59. The van der Waals surface area contributed by atoms with Crippen molar-refractivity contribution in [2.24, 2.45) is 5.92 Å². The number of carbonyl (C=O) groups is 1. The topological polar surface area (TPSA) is 50.8 Å². The van der Waals surface area contributed by atoms with E-state index < -0.39 is 0 Å². The SMILES string of the molecule is CC=Cc1ccc(OCC(=O)N2CCCC(CNC)C2)c(OC)c1.Cl. The first-order chi connectivity index (χ1) is 11.7. The van der Waals surface area contributed by atoms with E-state index in [1.165, 1.54) is 6.42 Å². The third-order valence-corrected chi connectivity index (χ3v) is 4.26. The molecular weight excluding hydrogens is 340 g/mol. The van der Waals surface area contributed by atoms with Crippen LogP contribution in [0, 0.1) is 5.92 Å². The Morgan fingerprint density at radius 1 is 1.40 bits per heavy atom. The normalized spacial score (nSPS) is 17.2. The fourth-order valence-corrected chi connectivity index (χ4v) is 3.08. The molecule has 1 unspecified atom stereocenters. The second kappa shape index (κ2) is 11.0. The van der Waals surface area contributed by atoms with Crippen molar-refractivity contribution in [3.8, 4) is 11.5 Å². The number of hydrogen-bond donors (Lipinski definition) is 1. The van der Waals surface area contributed by atoms with Crippen LogP contribution in [0.4, 0.5) is 0 Å². The number of ether oxygens (including phenoxy) is 2. The van der Waals surface area contributed by atoms with Crippen LogP contribution >= 0.6 is 12.4 Å². The number of halogens is 1. The predicted molar refractivity (Wildman–Crippen MR) is 104 cm³/mol. The number of allylic oxidation sites excluding steroid dienone is 1. The number of hydrogen-bond acceptors (Lipinski definition) is 4. The summed E-state index contributed by atoms with van der Waals surface area (Å²) < 4.78 is 11.1. The highest BCUT2D eigenvalue weighted by molar-refractivity contribution is 5.85. The molecule has 0 radical (unpaired) electrons. The quantitative estimate of drug-likeness (QED) is 0.803. The van der Waals surface area contributed by atoms with Crippen LogP contribution in [0.5, 0.6) is 11.5 Å². The zero-order valence-corrected chi connectivity index (χ0v) is 16.1. The molecule has 1 saturated heterocycles. The summed E-state index contributed by atoms with van der Waals surface area (Å²) in [4.78, 5) is 14.3. The number of likely N-dealkylation sites (tertiary alicyclic amines) is 1. The van der Waals surface area contributed by atoms with Gasteiger partial charge in [-0.1, -0.05) is 18.2 Å². The second-order valence-electron chi connectivity index (χ2n) is 6.10. The van der Waals surface area contributed by atoms with Gasteiger partial charge in [0.15, 0.2) is 18.1 Å². The number of rotatable bonds is 7. The third-order valence-electron chi connectivity index (χ3n) is 4.26. The van der Waals surface area contributed by atoms with Crippen LogP contribution in [0.15, 0.2) is 24.3 Å². The summed E-state index contributed by atoms with van der Waals surface area (Å²) >= 11 is 0. The van der Waals surface area contributed by atoms with Crippen LogP contribution in [-0.2, 0) is 4.79 Å². The Hall–Kier alpha value is -1.72. The Balaban J connectivity index is 0.00000312. The third kappa shape index (κ3) is 6.25. The smallest absolute Gasteiger partial charge is 0.260 e. The van der Waals surface area contributed by atoms with Gasteiger partial charge < -0.3 is 19.7 Å². The van der Waals surface area contributed by atoms with Crippen molar-refractivity contribution in [1.29, 1.82) is 0 Å². The van der Waals surface area contributed by atoms with E-state index in [0.29, 0.717) is 17.4 Å². The molecule has 5 nitrogen and oxygen atoms in total. The Labute approximate surface area is 156 Å². The highest BCUT2D eigenvalue weighted by Crippen LogP contribution is 2.28. The molecule has 0 spiro atoms. The lowest BCUT2D eigenvalue weighted by atomic mass is 9.98. The van der Waals surface area contributed by atoms with Crippen LogP contribution in [0.1, 0.15) is 25.3 Å². The van der Waals surface area contributed by atoms with E-state index in [0.717, 1.165) is 31.6 Å². The molecular formula is C19H29ClN2O3. The summed E-state index contributed by atoms with van der Waals surface area (Å²) in [6, 6.07) is 5.71. The molecule has 0 aromatic heterocycles. The highest BCUT2D eigenvalue weighted by atomic mass is 35.5. The van der Waals surface area contributed by atoms with Crippen LogP contribution in [0.2, 0.25) is 0 Å². The largest absolute Gasteiger partial charge is 0.493 e. The average Bonchev–Trinajstić information content (AvgIpc) is 2.61. The van der Waals surface area contributed by atoms with Gasteiger partial charge in [-0.25, -0.2) is 0 Å². The second-order valence-corrected chi connectivity index (χ2v) is 6.10. The van der Waals surface area contributed by atoms with Crippen molar-refractivity contribution in [3.05, 3.63) is 29.8 Å². The molecule has 1 atom stereocenters. The Kier molecular flexibility index (Phi) is 9.39. The number of benzene rings is 1. The number of carbonyl (C=O) groups excluding carboxylic acids is 1. The minimum absolute atomic E-state index is 0. The Morgan fingerprint density at radius 3 is 2.88 bits per heavy atom. The Bertz CT molecular complexity index is 576. The maximum atomic E-state index is 12.4. The molecule has 0 aliphatic carbocycles. The van der Waals surface area contributed by atoms with Gasteiger partial charge in [0.2, 0.25) is 0 Å². The van der Waals surface area contributed by atoms with Crippen molar-refractivity contribution in [2.45, 2.75) is 19.8 Å². The lowest BCUT2D eigenvalue weighted by Crippen LogP contribution is -2.44. The number of nitrogens with one attached hydrogen (secondary N) is 1. The minimum Gasteiger partial charge on any atom is -0.493 e. The summed E-state index contributed by atoms with van der Waals surface area (Å²) in [5.41, 5.74) is 1.04. The van der Waals surface area contributed by atoms with Crippen LogP contribution in [0.3, 0.4) is 0 Å². The molecule has 0 bridgehead atoms. The summed E-state index contributed by atoms with van der Waals surface area (Å²) in [5.74, 6) is 1.81. The summed E-state index contributed by atoms with van der Waals surface area (Å²) in [7, 11) is 3.56. The van der Waals surface area contributed by atoms with Crippen molar-refractivity contribution >= 4 is 24.4 Å². The average molecular weight is 369 g/mol. The first-order valence-electron chi connectivity index (χ1n) is 8.53. The molecule has 1 aliphatic heterocycles. The van der Waals surface area contributed by atoms with Crippen molar-refractivity contribution in [1.82, 2.24) is 10.2 Å². The van der Waals surface area contributed by atoms with E-state index in [9.17, 15) is 4.79 Å². The zero-order chi connectivity index (χ0) is 17.4. The van der Waals surface area contributed by atoms with Crippen LogP contribution in [-0.4, -0.2) is 51.2 Å². The maximum Gasteiger partial charge on any atom is 0.260 e. The van der Waals surface area contributed by atoms with Gasteiger partial charge in [0, 0.05) is 13.1 Å². The van der Waals surface area contributed by atoms with Gasteiger partial charge in [-0.3, -0.25) is 4.79 Å². The maximum absolute atomic E-state index is 12.4. The van der Waals surface area contributed by atoms with Gasteiger partial charge in [-0.2, -0.15) is 0 Å². The molecule has 25 heavy (non-hydrogen) atoms. The van der Waals surface area contributed by atoms with Gasteiger partial charge >= 0.3 is 0 Å². The van der Waals surface area contributed by atoms with E-state index in [1.807, 2.05) is 49.2 Å². The first-order valence-corrected chi connectivity index (χ1v) is 8.53. The zero-order valence-electron chi connectivity index (χ0n) is 15.3. The summed E-state index contributed by atoms with van der Waals surface area (Å²) in [5, 5.41) is 3.19. The highest BCUT2D eigenvalue weighted by Gasteiger charge is 2.23. The molecule has 1 aliphatic rings. The Morgan fingerprint density at radius 2 is 2.20 bits per heavy atom. The van der Waals surface area contributed by atoms with E-state index in [2.05, 4.69) is 5.32 Å². The van der Waals surface area contributed by atoms with E-state index >= 15 is 0 Å². The van der Waals surface area contributed by atoms with Gasteiger partial charge in [0.05, 0.1) is 7.11 Å². The molecule has 1 amide bonds. The van der Waals surface area contributed by atoms with E-state index in [-0.39, 0.29) is 24.9 Å². The lowest BCUT2D eigenvalue weighted by molar-refractivity contribution is -0.135. The van der Waals surface area contributed by atoms with Gasteiger partial charge in [-0.05, 0) is 57.0 Å². The lowest BCUT2D eigenvalue weighted by Gasteiger charge is -2.32. The molecule has 1 heterocycles. The number of nitrogens with zero attached hydrogens (tertiary/aromatic N) is 1.